The quantitative estimate of drug-likeness (QED) is 0.364. The predicted molar refractivity (Wildman–Crippen MR) is 68.4 cm³/mol. The van der Waals surface area contributed by atoms with E-state index in [0.717, 1.165) is 6.20 Å². The van der Waals surface area contributed by atoms with Crippen LogP contribution in [0, 0.1) is 11.3 Å². The highest BCUT2D eigenvalue weighted by Crippen LogP contribution is 2.13. The lowest BCUT2D eigenvalue weighted by atomic mass is 10.3. The molecule has 1 aromatic rings. The maximum atomic E-state index is 11.6. The SMILES string of the molecule is CCOC(=O)C(=CNc1ccc(C#N)o1)C(=O)OCC. The number of carbonyl (C=O) groups excluding carboxylic acids is 2. The Morgan fingerprint density at radius 3 is 2.35 bits per heavy atom. The van der Waals surface area contributed by atoms with Gasteiger partial charge in [-0.2, -0.15) is 5.26 Å². The first-order chi connectivity index (χ1) is 9.62. The fourth-order valence-corrected chi connectivity index (χ4v) is 1.24. The number of nitrogens with zero attached hydrogens (tertiary/aromatic N) is 1. The molecule has 0 aliphatic carbocycles. The summed E-state index contributed by atoms with van der Waals surface area (Å²) >= 11 is 0. The molecule has 0 spiro atoms. The monoisotopic (exact) mass is 278 g/mol. The number of esters is 2. The average Bonchev–Trinajstić information content (AvgIpc) is 2.87. The molecule has 0 fully saturated rings. The van der Waals surface area contributed by atoms with Crippen molar-refractivity contribution in [2.45, 2.75) is 13.8 Å². The van der Waals surface area contributed by atoms with Crippen LogP contribution in [0.4, 0.5) is 5.88 Å². The maximum absolute atomic E-state index is 11.6. The fourth-order valence-electron chi connectivity index (χ4n) is 1.24. The van der Waals surface area contributed by atoms with E-state index in [4.69, 9.17) is 19.2 Å². The number of rotatable bonds is 6. The van der Waals surface area contributed by atoms with E-state index >= 15 is 0 Å². The molecular formula is C13H14N2O5. The Kier molecular flexibility index (Phi) is 5.84. The van der Waals surface area contributed by atoms with Gasteiger partial charge in [0.05, 0.1) is 13.2 Å². The van der Waals surface area contributed by atoms with Gasteiger partial charge in [-0.3, -0.25) is 0 Å². The van der Waals surface area contributed by atoms with Crippen molar-refractivity contribution in [3.05, 3.63) is 29.7 Å². The van der Waals surface area contributed by atoms with Crippen molar-refractivity contribution < 1.29 is 23.5 Å². The molecule has 0 saturated heterocycles. The molecule has 1 N–H and O–H groups in total. The van der Waals surface area contributed by atoms with Crippen LogP contribution < -0.4 is 5.32 Å². The number of nitriles is 1. The summed E-state index contributed by atoms with van der Waals surface area (Å²) in [4.78, 5) is 23.3. The summed E-state index contributed by atoms with van der Waals surface area (Å²) in [7, 11) is 0. The Balaban J connectivity index is 2.86. The smallest absolute Gasteiger partial charge is 0.347 e. The van der Waals surface area contributed by atoms with E-state index in [1.54, 1.807) is 13.8 Å². The fraction of sp³-hybridized carbons (Fsp3) is 0.308. The second-order valence-corrected chi connectivity index (χ2v) is 3.42. The molecule has 0 aromatic carbocycles. The lowest BCUT2D eigenvalue weighted by Crippen LogP contribution is -2.19. The van der Waals surface area contributed by atoms with Crippen molar-refractivity contribution in [2.75, 3.05) is 18.5 Å². The van der Waals surface area contributed by atoms with Crippen molar-refractivity contribution >= 4 is 17.8 Å². The van der Waals surface area contributed by atoms with E-state index < -0.39 is 11.9 Å². The predicted octanol–water partition coefficient (Wildman–Crippen LogP) is 1.57. The van der Waals surface area contributed by atoms with Gasteiger partial charge < -0.3 is 19.2 Å². The first-order valence-corrected chi connectivity index (χ1v) is 5.93. The Labute approximate surface area is 115 Å². The zero-order valence-corrected chi connectivity index (χ0v) is 11.1. The molecule has 0 saturated carbocycles. The van der Waals surface area contributed by atoms with Crippen LogP contribution in [0.25, 0.3) is 0 Å². The molecule has 20 heavy (non-hydrogen) atoms. The Morgan fingerprint density at radius 2 is 1.90 bits per heavy atom. The number of furan rings is 1. The summed E-state index contributed by atoms with van der Waals surface area (Å²) in [6.45, 7) is 3.52. The molecule has 1 aromatic heterocycles. The minimum atomic E-state index is -0.800. The topological polar surface area (TPSA) is 102 Å². The first kappa shape index (κ1) is 15.3. The van der Waals surface area contributed by atoms with Crippen LogP contribution in [-0.4, -0.2) is 25.2 Å². The van der Waals surface area contributed by atoms with Crippen LogP contribution in [0.1, 0.15) is 19.6 Å². The zero-order chi connectivity index (χ0) is 15.0. The van der Waals surface area contributed by atoms with Crippen LogP contribution in [0.5, 0.6) is 0 Å². The van der Waals surface area contributed by atoms with Crippen molar-refractivity contribution in [2.24, 2.45) is 0 Å². The van der Waals surface area contributed by atoms with Crippen molar-refractivity contribution in [1.29, 1.82) is 5.26 Å². The molecule has 0 unspecified atom stereocenters. The summed E-state index contributed by atoms with van der Waals surface area (Å²) in [6, 6.07) is 4.75. The van der Waals surface area contributed by atoms with Gasteiger partial charge in [0.15, 0.2) is 11.5 Å². The molecule has 0 aliphatic rings. The third-order valence-electron chi connectivity index (χ3n) is 2.07. The highest BCUT2D eigenvalue weighted by atomic mass is 16.6. The summed E-state index contributed by atoms with van der Waals surface area (Å²) < 4.78 is 14.6. The molecule has 0 atom stereocenters. The summed E-state index contributed by atoms with van der Waals surface area (Å²) in [5, 5.41) is 11.2. The van der Waals surface area contributed by atoms with Crippen LogP contribution in [0.2, 0.25) is 0 Å². The van der Waals surface area contributed by atoms with Crippen LogP contribution in [0.15, 0.2) is 28.3 Å². The lowest BCUT2D eigenvalue weighted by molar-refractivity contribution is -0.146. The van der Waals surface area contributed by atoms with Gasteiger partial charge in [0.1, 0.15) is 6.07 Å². The van der Waals surface area contributed by atoms with Crippen molar-refractivity contribution in [1.82, 2.24) is 0 Å². The molecular weight excluding hydrogens is 264 g/mol. The second-order valence-electron chi connectivity index (χ2n) is 3.42. The molecule has 0 bridgehead atoms. The van der Waals surface area contributed by atoms with Crippen LogP contribution >= 0.6 is 0 Å². The van der Waals surface area contributed by atoms with E-state index in [2.05, 4.69) is 5.32 Å². The summed E-state index contributed by atoms with van der Waals surface area (Å²) in [5.74, 6) is -1.28. The summed E-state index contributed by atoms with van der Waals surface area (Å²) in [6.07, 6.45) is 1.12. The molecule has 7 nitrogen and oxygen atoms in total. The van der Waals surface area contributed by atoms with Crippen molar-refractivity contribution in [3.63, 3.8) is 0 Å². The standard InChI is InChI=1S/C13H14N2O5/c1-3-18-12(16)10(13(17)19-4-2)8-15-11-6-5-9(7-14)20-11/h5-6,8,15H,3-4H2,1-2H3. The molecule has 0 amide bonds. The average molecular weight is 278 g/mol. The molecule has 1 heterocycles. The third-order valence-corrected chi connectivity index (χ3v) is 2.07. The van der Waals surface area contributed by atoms with Gasteiger partial charge in [-0.05, 0) is 19.9 Å². The molecule has 0 radical (unpaired) electrons. The van der Waals surface area contributed by atoms with Gasteiger partial charge in [0, 0.05) is 12.3 Å². The normalized spacial score (nSPS) is 9.25. The number of ether oxygens (including phenoxy) is 2. The third kappa shape index (κ3) is 4.17. The van der Waals surface area contributed by atoms with E-state index in [-0.39, 0.29) is 30.4 Å². The van der Waals surface area contributed by atoms with Gasteiger partial charge in [0.2, 0.25) is 5.76 Å². The van der Waals surface area contributed by atoms with E-state index in [1.807, 2.05) is 6.07 Å². The van der Waals surface area contributed by atoms with E-state index in [0.29, 0.717) is 0 Å². The van der Waals surface area contributed by atoms with E-state index in [9.17, 15) is 9.59 Å². The minimum absolute atomic E-state index is 0.106. The van der Waals surface area contributed by atoms with Gasteiger partial charge in [0.25, 0.3) is 0 Å². The Bertz CT molecular complexity index is 533. The largest absolute Gasteiger partial charge is 0.462 e. The van der Waals surface area contributed by atoms with Crippen LogP contribution in [-0.2, 0) is 19.1 Å². The number of anilines is 1. The number of hydrogen-bond acceptors (Lipinski definition) is 7. The molecule has 1 rings (SSSR count). The summed E-state index contributed by atoms with van der Waals surface area (Å²) in [5.41, 5.74) is -0.288. The van der Waals surface area contributed by atoms with Gasteiger partial charge in [-0.1, -0.05) is 0 Å². The minimum Gasteiger partial charge on any atom is -0.462 e. The van der Waals surface area contributed by atoms with Crippen molar-refractivity contribution in [3.8, 4) is 6.07 Å². The molecule has 0 aliphatic heterocycles. The second kappa shape index (κ2) is 7.63. The lowest BCUT2D eigenvalue weighted by Gasteiger charge is -2.06. The highest BCUT2D eigenvalue weighted by molar-refractivity contribution is 6.14. The maximum Gasteiger partial charge on any atom is 0.347 e. The number of carbonyl (C=O) groups is 2. The number of hydrogen-bond donors (Lipinski definition) is 1. The van der Waals surface area contributed by atoms with Crippen LogP contribution in [0.3, 0.4) is 0 Å². The van der Waals surface area contributed by atoms with Gasteiger partial charge in [-0.15, -0.1) is 0 Å². The van der Waals surface area contributed by atoms with Gasteiger partial charge >= 0.3 is 11.9 Å². The Hall–Kier alpha value is -2.75. The molecule has 7 heteroatoms. The Morgan fingerprint density at radius 1 is 1.30 bits per heavy atom. The highest BCUT2D eigenvalue weighted by Gasteiger charge is 2.21. The zero-order valence-electron chi connectivity index (χ0n) is 11.1. The first-order valence-electron chi connectivity index (χ1n) is 5.93. The number of nitrogens with one attached hydrogen (secondary N) is 1. The van der Waals surface area contributed by atoms with Gasteiger partial charge in [-0.25, -0.2) is 9.59 Å². The molecule has 106 valence electrons. The van der Waals surface area contributed by atoms with E-state index in [1.165, 1.54) is 12.1 Å².